The maximum atomic E-state index is 8.84. The van der Waals surface area contributed by atoms with Gasteiger partial charge in [-0.3, -0.25) is 0 Å². The monoisotopic (exact) mass is 270 g/mol. The van der Waals surface area contributed by atoms with E-state index in [1.807, 2.05) is 12.3 Å². The minimum Gasteiger partial charge on any atom is -0.250 e. The van der Waals surface area contributed by atoms with Crippen molar-refractivity contribution >= 4 is 22.6 Å². The zero-order valence-electron chi connectivity index (χ0n) is 6.42. The van der Waals surface area contributed by atoms with E-state index in [0.29, 0.717) is 5.92 Å². The lowest BCUT2D eigenvalue weighted by atomic mass is 10.1. The highest BCUT2D eigenvalue weighted by Crippen LogP contribution is 2.41. The van der Waals surface area contributed by atoms with Crippen molar-refractivity contribution in [2.75, 3.05) is 0 Å². The first-order valence-corrected chi connectivity index (χ1v) is 4.94. The molecular formula is C9H7IN2. The van der Waals surface area contributed by atoms with Crippen molar-refractivity contribution in [3.05, 3.63) is 27.1 Å². The third kappa shape index (κ3) is 1.44. The number of hydrogen-bond acceptors (Lipinski definition) is 2. The van der Waals surface area contributed by atoms with Crippen LogP contribution in [0.15, 0.2) is 12.3 Å². The Morgan fingerprint density at radius 1 is 1.58 bits per heavy atom. The number of nitrogens with zero attached hydrogens (tertiary/aromatic N) is 2. The fraction of sp³-hybridized carbons (Fsp3) is 0.333. The van der Waals surface area contributed by atoms with Crippen LogP contribution in [0, 0.1) is 15.0 Å². The lowest BCUT2D eigenvalue weighted by Gasteiger charge is -1.99. The summed E-state index contributed by atoms with van der Waals surface area (Å²) >= 11 is 2.13. The fourth-order valence-corrected chi connectivity index (χ4v) is 1.71. The van der Waals surface area contributed by atoms with Crippen LogP contribution in [0.1, 0.15) is 29.9 Å². The molecule has 1 aromatic rings. The molecule has 0 aliphatic heterocycles. The van der Waals surface area contributed by atoms with E-state index in [4.69, 9.17) is 5.26 Å². The van der Waals surface area contributed by atoms with E-state index in [2.05, 4.69) is 33.6 Å². The van der Waals surface area contributed by atoms with Crippen LogP contribution in [0.3, 0.4) is 0 Å². The summed E-state index contributed by atoms with van der Waals surface area (Å²) in [6.07, 6.45) is 4.28. The maximum absolute atomic E-state index is 8.84. The fourth-order valence-electron chi connectivity index (χ4n) is 1.26. The summed E-state index contributed by atoms with van der Waals surface area (Å²) in [7, 11) is 0. The second kappa shape index (κ2) is 3.02. The molecule has 0 bridgehead atoms. The second-order valence-corrected chi connectivity index (χ2v) is 4.09. The molecule has 60 valence electrons. The van der Waals surface area contributed by atoms with E-state index in [0.717, 1.165) is 14.8 Å². The summed E-state index contributed by atoms with van der Waals surface area (Å²) in [5, 5.41) is 8.84. The average molecular weight is 270 g/mol. The first-order valence-electron chi connectivity index (χ1n) is 3.87. The average Bonchev–Trinajstić information content (AvgIpc) is 2.87. The molecule has 1 aliphatic rings. The van der Waals surface area contributed by atoms with Gasteiger partial charge in [-0.1, -0.05) is 0 Å². The Morgan fingerprint density at radius 3 is 2.92 bits per heavy atom. The molecule has 0 aromatic carbocycles. The Kier molecular flexibility index (Phi) is 2.01. The molecule has 0 spiro atoms. The topological polar surface area (TPSA) is 36.7 Å². The molecule has 0 atom stereocenters. The minimum atomic E-state index is 0.615. The van der Waals surface area contributed by atoms with E-state index in [-0.39, 0.29) is 0 Å². The van der Waals surface area contributed by atoms with Gasteiger partial charge < -0.3 is 0 Å². The van der Waals surface area contributed by atoms with Gasteiger partial charge in [0.2, 0.25) is 0 Å². The predicted octanol–water partition coefficient (Wildman–Crippen LogP) is 2.44. The first-order chi connectivity index (χ1) is 5.81. The Balaban J connectivity index is 2.47. The van der Waals surface area contributed by atoms with Gasteiger partial charge in [0.25, 0.3) is 0 Å². The summed E-state index contributed by atoms with van der Waals surface area (Å²) in [6, 6.07) is 4.07. The van der Waals surface area contributed by atoms with Gasteiger partial charge in [-0.2, -0.15) is 5.26 Å². The molecule has 12 heavy (non-hydrogen) atoms. The van der Waals surface area contributed by atoms with Gasteiger partial charge in [0, 0.05) is 6.20 Å². The molecule has 3 heteroatoms. The third-order valence-corrected chi connectivity index (χ3v) is 2.63. The van der Waals surface area contributed by atoms with Crippen molar-refractivity contribution in [2.24, 2.45) is 0 Å². The normalized spacial score (nSPS) is 15.7. The largest absolute Gasteiger partial charge is 0.250 e. The first kappa shape index (κ1) is 7.99. The van der Waals surface area contributed by atoms with Crippen LogP contribution in [0.4, 0.5) is 0 Å². The van der Waals surface area contributed by atoms with Crippen LogP contribution in [-0.2, 0) is 0 Å². The molecule has 0 unspecified atom stereocenters. The van der Waals surface area contributed by atoms with Crippen molar-refractivity contribution in [2.45, 2.75) is 18.8 Å². The van der Waals surface area contributed by atoms with Gasteiger partial charge >= 0.3 is 0 Å². The van der Waals surface area contributed by atoms with Crippen molar-refractivity contribution in [3.8, 4) is 6.07 Å². The molecular weight excluding hydrogens is 263 g/mol. The van der Waals surface area contributed by atoms with Gasteiger partial charge in [-0.05, 0) is 53.0 Å². The molecule has 2 nitrogen and oxygen atoms in total. The lowest BCUT2D eigenvalue weighted by molar-refractivity contribution is 1.07. The Hall–Kier alpha value is -0.630. The van der Waals surface area contributed by atoms with Gasteiger partial charge in [0.1, 0.15) is 3.70 Å². The molecule has 1 fully saturated rings. The SMILES string of the molecule is N#Cc1cc(I)ncc1C1CC1. The van der Waals surface area contributed by atoms with Crippen molar-refractivity contribution < 1.29 is 0 Å². The van der Waals surface area contributed by atoms with Crippen LogP contribution in [0.5, 0.6) is 0 Å². The molecule has 0 amide bonds. The van der Waals surface area contributed by atoms with Gasteiger partial charge in [0.15, 0.2) is 0 Å². The molecule has 0 saturated heterocycles. The van der Waals surface area contributed by atoms with Crippen LogP contribution >= 0.6 is 22.6 Å². The summed E-state index contributed by atoms with van der Waals surface area (Å²) in [4.78, 5) is 4.18. The summed E-state index contributed by atoms with van der Waals surface area (Å²) in [5.74, 6) is 0.615. The summed E-state index contributed by atoms with van der Waals surface area (Å²) in [5.41, 5.74) is 1.94. The van der Waals surface area contributed by atoms with E-state index in [1.165, 1.54) is 12.8 Å². The van der Waals surface area contributed by atoms with Crippen LogP contribution in [0.25, 0.3) is 0 Å². The van der Waals surface area contributed by atoms with E-state index in [9.17, 15) is 0 Å². The van der Waals surface area contributed by atoms with Crippen LogP contribution in [-0.4, -0.2) is 4.98 Å². The number of hydrogen-bond donors (Lipinski definition) is 0. The molecule has 0 N–H and O–H groups in total. The Bertz CT molecular complexity index is 350. The predicted molar refractivity (Wildman–Crippen MR) is 53.6 cm³/mol. The van der Waals surface area contributed by atoms with Gasteiger partial charge in [0.05, 0.1) is 11.6 Å². The second-order valence-electron chi connectivity index (χ2n) is 2.98. The van der Waals surface area contributed by atoms with Crippen molar-refractivity contribution in [1.82, 2.24) is 4.98 Å². The maximum Gasteiger partial charge on any atom is 0.102 e. The molecule has 0 radical (unpaired) electrons. The van der Waals surface area contributed by atoms with Crippen molar-refractivity contribution in [1.29, 1.82) is 5.26 Å². The molecule has 1 aromatic heterocycles. The van der Waals surface area contributed by atoms with Crippen LogP contribution in [0.2, 0.25) is 0 Å². The standard InChI is InChI=1S/C9H7IN2/c10-9-3-7(4-11)8(5-12-9)6-1-2-6/h3,5-6H,1-2H2. The molecule has 1 heterocycles. The highest BCUT2D eigenvalue weighted by molar-refractivity contribution is 14.1. The van der Waals surface area contributed by atoms with E-state index >= 15 is 0 Å². The molecule has 1 aliphatic carbocycles. The molecule has 2 rings (SSSR count). The van der Waals surface area contributed by atoms with Crippen LogP contribution < -0.4 is 0 Å². The zero-order chi connectivity index (χ0) is 8.55. The highest BCUT2D eigenvalue weighted by Gasteiger charge is 2.26. The Labute approximate surface area is 84.8 Å². The Morgan fingerprint density at radius 2 is 2.33 bits per heavy atom. The van der Waals surface area contributed by atoms with E-state index in [1.54, 1.807) is 0 Å². The smallest absolute Gasteiger partial charge is 0.102 e. The van der Waals surface area contributed by atoms with E-state index < -0.39 is 0 Å². The third-order valence-electron chi connectivity index (χ3n) is 2.04. The number of nitriles is 1. The number of rotatable bonds is 1. The minimum absolute atomic E-state index is 0.615. The number of pyridine rings is 1. The summed E-state index contributed by atoms with van der Waals surface area (Å²) < 4.78 is 0.897. The lowest BCUT2D eigenvalue weighted by Crippen LogP contribution is -1.90. The van der Waals surface area contributed by atoms with Crippen molar-refractivity contribution in [3.63, 3.8) is 0 Å². The highest BCUT2D eigenvalue weighted by atomic mass is 127. The summed E-state index contributed by atoms with van der Waals surface area (Å²) in [6.45, 7) is 0. The number of halogens is 1. The van der Waals surface area contributed by atoms with Gasteiger partial charge in [-0.25, -0.2) is 4.98 Å². The zero-order valence-corrected chi connectivity index (χ0v) is 8.58. The molecule has 1 saturated carbocycles. The quantitative estimate of drug-likeness (QED) is 0.580. The van der Waals surface area contributed by atoms with Gasteiger partial charge in [-0.15, -0.1) is 0 Å². The number of aromatic nitrogens is 1.